The molecular weight excluding hydrogens is 278 g/mol. The third kappa shape index (κ3) is 3.14. The summed E-state index contributed by atoms with van der Waals surface area (Å²) in [6.45, 7) is -0.00951. The molecule has 0 aliphatic carbocycles. The lowest BCUT2D eigenvalue weighted by Crippen LogP contribution is -2.11. The molecule has 0 radical (unpaired) electrons. The highest BCUT2D eigenvalue weighted by Gasteiger charge is 2.15. The number of furan rings is 1. The first-order valence-electron chi connectivity index (χ1n) is 5.93. The lowest BCUT2D eigenvalue weighted by Gasteiger charge is -2.11. The zero-order chi connectivity index (χ0) is 15.4. The van der Waals surface area contributed by atoms with Crippen molar-refractivity contribution in [1.82, 2.24) is 0 Å². The van der Waals surface area contributed by atoms with Gasteiger partial charge in [-0.1, -0.05) is 0 Å². The van der Waals surface area contributed by atoms with Gasteiger partial charge in [0.25, 0.3) is 0 Å². The molecule has 1 heterocycles. The van der Waals surface area contributed by atoms with E-state index in [0.717, 1.165) is 0 Å². The molecule has 1 aromatic carbocycles. The van der Waals surface area contributed by atoms with Crippen molar-refractivity contribution in [3.05, 3.63) is 47.4 Å². The Morgan fingerprint density at radius 2 is 2.05 bits per heavy atom. The first kappa shape index (κ1) is 14.4. The Bertz CT molecular complexity index is 676. The standard InChI is InChI=1S/C14H13NO6/c1-19-11-6-8(13(15)16)2-3-10(11)21-7-9-4-5-20-12(9)14(17)18/h2-6H,7H2,1H3,(H2,15,16)(H,17,18). The number of methoxy groups -OCH3 is 1. The lowest BCUT2D eigenvalue weighted by molar-refractivity contribution is 0.0658. The van der Waals surface area contributed by atoms with Crippen LogP contribution in [-0.2, 0) is 6.61 Å². The second kappa shape index (κ2) is 6.00. The number of nitrogens with two attached hydrogens (primary N) is 1. The quantitative estimate of drug-likeness (QED) is 0.837. The number of carbonyl (C=O) groups is 2. The normalized spacial score (nSPS) is 10.1. The van der Waals surface area contributed by atoms with E-state index in [2.05, 4.69) is 0 Å². The minimum absolute atomic E-state index is 0.00951. The molecule has 7 heteroatoms. The van der Waals surface area contributed by atoms with Gasteiger partial charge in [-0.05, 0) is 24.3 Å². The molecule has 1 aromatic heterocycles. The summed E-state index contributed by atoms with van der Waals surface area (Å²) in [5.41, 5.74) is 5.86. The number of benzene rings is 1. The van der Waals surface area contributed by atoms with Crippen LogP contribution in [0.15, 0.2) is 34.9 Å². The highest BCUT2D eigenvalue weighted by Crippen LogP contribution is 2.29. The van der Waals surface area contributed by atoms with Gasteiger partial charge in [-0.3, -0.25) is 4.79 Å². The summed E-state index contributed by atoms with van der Waals surface area (Å²) in [4.78, 5) is 22.0. The molecule has 21 heavy (non-hydrogen) atoms. The SMILES string of the molecule is COc1cc(C(N)=O)ccc1OCc1ccoc1C(=O)O. The van der Waals surface area contributed by atoms with E-state index in [9.17, 15) is 9.59 Å². The number of carboxylic acids is 1. The Labute approximate surface area is 119 Å². The van der Waals surface area contributed by atoms with Crippen LogP contribution in [0.4, 0.5) is 0 Å². The van der Waals surface area contributed by atoms with Crippen LogP contribution >= 0.6 is 0 Å². The van der Waals surface area contributed by atoms with Gasteiger partial charge in [0.2, 0.25) is 11.7 Å². The maximum absolute atomic E-state index is 11.1. The molecule has 1 amide bonds. The van der Waals surface area contributed by atoms with E-state index in [1.54, 1.807) is 0 Å². The Balaban J connectivity index is 2.18. The summed E-state index contributed by atoms with van der Waals surface area (Å²) < 4.78 is 15.5. The fourth-order valence-electron chi connectivity index (χ4n) is 1.73. The number of carboxylic acid groups (broad SMARTS) is 1. The van der Waals surface area contributed by atoms with E-state index >= 15 is 0 Å². The Morgan fingerprint density at radius 1 is 1.29 bits per heavy atom. The summed E-state index contributed by atoms with van der Waals surface area (Å²) in [5.74, 6) is -1.24. The van der Waals surface area contributed by atoms with Crippen LogP contribution in [0.1, 0.15) is 26.5 Å². The average molecular weight is 291 g/mol. The van der Waals surface area contributed by atoms with Gasteiger partial charge in [-0.25, -0.2) is 4.79 Å². The molecule has 0 bridgehead atoms. The van der Waals surface area contributed by atoms with Crippen molar-refractivity contribution in [3.63, 3.8) is 0 Å². The molecule has 0 atom stereocenters. The molecule has 2 rings (SSSR count). The molecule has 110 valence electrons. The number of primary amides is 1. The number of ether oxygens (including phenoxy) is 2. The molecule has 0 spiro atoms. The Kier molecular flexibility index (Phi) is 4.13. The summed E-state index contributed by atoms with van der Waals surface area (Å²) in [7, 11) is 1.42. The van der Waals surface area contributed by atoms with Crippen molar-refractivity contribution in [1.29, 1.82) is 0 Å². The molecule has 2 aromatic rings. The molecule has 0 fully saturated rings. The third-order valence-electron chi connectivity index (χ3n) is 2.77. The maximum Gasteiger partial charge on any atom is 0.372 e. The van der Waals surface area contributed by atoms with Gasteiger partial charge in [0.1, 0.15) is 6.61 Å². The van der Waals surface area contributed by atoms with Crippen LogP contribution in [0.25, 0.3) is 0 Å². The van der Waals surface area contributed by atoms with E-state index in [0.29, 0.717) is 17.1 Å². The van der Waals surface area contributed by atoms with Gasteiger partial charge >= 0.3 is 5.97 Å². The Hall–Kier alpha value is -2.96. The number of aromatic carboxylic acids is 1. The monoisotopic (exact) mass is 291 g/mol. The average Bonchev–Trinajstić information content (AvgIpc) is 2.93. The van der Waals surface area contributed by atoms with E-state index < -0.39 is 11.9 Å². The van der Waals surface area contributed by atoms with Gasteiger partial charge in [-0.15, -0.1) is 0 Å². The molecule has 7 nitrogen and oxygen atoms in total. The lowest BCUT2D eigenvalue weighted by atomic mass is 10.2. The summed E-state index contributed by atoms with van der Waals surface area (Å²) >= 11 is 0. The first-order valence-corrected chi connectivity index (χ1v) is 5.93. The number of hydrogen-bond acceptors (Lipinski definition) is 5. The van der Waals surface area contributed by atoms with Crippen molar-refractivity contribution in [2.75, 3.05) is 7.11 Å². The van der Waals surface area contributed by atoms with Crippen molar-refractivity contribution >= 4 is 11.9 Å². The minimum Gasteiger partial charge on any atom is -0.493 e. The van der Waals surface area contributed by atoms with Crippen LogP contribution in [0.3, 0.4) is 0 Å². The van der Waals surface area contributed by atoms with Crippen molar-refractivity contribution < 1.29 is 28.6 Å². The van der Waals surface area contributed by atoms with Gasteiger partial charge < -0.3 is 24.7 Å². The van der Waals surface area contributed by atoms with Crippen LogP contribution in [0, 0.1) is 0 Å². The summed E-state index contributed by atoms with van der Waals surface area (Å²) in [5, 5.41) is 8.92. The predicted molar refractivity (Wildman–Crippen MR) is 71.5 cm³/mol. The zero-order valence-electron chi connectivity index (χ0n) is 11.2. The predicted octanol–water partition coefficient (Wildman–Crippen LogP) is 1.66. The van der Waals surface area contributed by atoms with Gasteiger partial charge in [0.15, 0.2) is 11.5 Å². The van der Waals surface area contributed by atoms with E-state index in [1.807, 2.05) is 0 Å². The molecule has 0 unspecified atom stereocenters. The topological polar surface area (TPSA) is 112 Å². The second-order valence-corrected chi connectivity index (χ2v) is 4.10. The second-order valence-electron chi connectivity index (χ2n) is 4.10. The van der Waals surface area contributed by atoms with E-state index in [-0.39, 0.29) is 17.9 Å². The number of hydrogen-bond donors (Lipinski definition) is 2. The molecule has 0 saturated carbocycles. The van der Waals surface area contributed by atoms with Crippen LogP contribution < -0.4 is 15.2 Å². The van der Waals surface area contributed by atoms with Crippen LogP contribution in [0.5, 0.6) is 11.5 Å². The van der Waals surface area contributed by atoms with Crippen LogP contribution in [0.2, 0.25) is 0 Å². The Morgan fingerprint density at radius 3 is 2.67 bits per heavy atom. The van der Waals surface area contributed by atoms with E-state index in [4.69, 9.17) is 24.7 Å². The third-order valence-corrected chi connectivity index (χ3v) is 2.77. The van der Waals surface area contributed by atoms with Gasteiger partial charge in [-0.2, -0.15) is 0 Å². The maximum atomic E-state index is 11.1. The molecule has 0 aliphatic rings. The molecule has 3 N–H and O–H groups in total. The van der Waals surface area contributed by atoms with Crippen molar-refractivity contribution in [2.45, 2.75) is 6.61 Å². The smallest absolute Gasteiger partial charge is 0.372 e. The highest BCUT2D eigenvalue weighted by atomic mass is 16.5. The van der Waals surface area contributed by atoms with Crippen LogP contribution in [-0.4, -0.2) is 24.1 Å². The van der Waals surface area contributed by atoms with Crippen molar-refractivity contribution in [3.8, 4) is 11.5 Å². The van der Waals surface area contributed by atoms with Gasteiger partial charge in [0, 0.05) is 11.1 Å². The zero-order valence-corrected chi connectivity index (χ0v) is 11.2. The van der Waals surface area contributed by atoms with Gasteiger partial charge in [0.05, 0.1) is 13.4 Å². The fraction of sp³-hybridized carbons (Fsp3) is 0.143. The number of amides is 1. The molecule has 0 aliphatic heterocycles. The largest absolute Gasteiger partial charge is 0.493 e. The molecule has 0 saturated heterocycles. The summed E-state index contributed by atoms with van der Waals surface area (Å²) in [6, 6.07) is 5.98. The highest BCUT2D eigenvalue weighted by molar-refractivity contribution is 5.93. The summed E-state index contributed by atoms with van der Waals surface area (Å²) in [6.07, 6.45) is 1.27. The minimum atomic E-state index is -1.17. The van der Waals surface area contributed by atoms with E-state index in [1.165, 1.54) is 37.6 Å². The fourth-order valence-corrected chi connectivity index (χ4v) is 1.73. The number of carbonyl (C=O) groups excluding carboxylic acids is 1. The molecular formula is C14H13NO6. The first-order chi connectivity index (χ1) is 10.0. The number of rotatable bonds is 6. The van der Waals surface area contributed by atoms with Crippen molar-refractivity contribution in [2.24, 2.45) is 5.73 Å².